The number of rotatable bonds is 10. The molecule has 3 heterocycles. The molecule has 0 atom stereocenters. The van der Waals surface area contributed by atoms with Crippen LogP contribution in [0.2, 0.25) is 0 Å². The van der Waals surface area contributed by atoms with E-state index >= 15 is 0 Å². The number of hydrogen-bond acceptors (Lipinski definition) is 8. The normalized spacial score (nSPS) is 14.8. The monoisotopic (exact) mass is 517 g/mol. The van der Waals surface area contributed by atoms with E-state index in [9.17, 15) is 13.2 Å². The van der Waals surface area contributed by atoms with Gasteiger partial charge in [0.1, 0.15) is 5.82 Å². The molecule has 4 rings (SSSR count). The van der Waals surface area contributed by atoms with Crippen molar-refractivity contribution >= 4 is 44.5 Å². The van der Waals surface area contributed by atoms with Crippen molar-refractivity contribution in [3.05, 3.63) is 36.0 Å². The summed E-state index contributed by atoms with van der Waals surface area (Å²) in [5.74, 6) is 0.490. The highest BCUT2D eigenvalue weighted by Crippen LogP contribution is 2.24. The molecule has 1 aliphatic rings. The van der Waals surface area contributed by atoms with Crippen molar-refractivity contribution in [2.24, 2.45) is 0 Å². The Morgan fingerprint density at radius 2 is 1.83 bits per heavy atom. The number of nitrogens with zero attached hydrogens (tertiary/aromatic N) is 5. The van der Waals surface area contributed by atoms with Gasteiger partial charge in [-0.25, -0.2) is 23.1 Å². The molecule has 1 amide bonds. The van der Waals surface area contributed by atoms with E-state index in [0.717, 1.165) is 43.4 Å². The summed E-state index contributed by atoms with van der Waals surface area (Å²) in [7, 11) is -3.52. The van der Waals surface area contributed by atoms with Gasteiger partial charge < -0.3 is 10.6 Å². The number of carbonyl (C=O) groups excluding carboxylic acids is 1. The molecule has 1 aromatic carbocycles. The van der Waals surface area contributed by atoms with E-state index in [4.69, 9.17) is 0 Å². The van der Waals surface area contributed by atoms with Gasteiger partial charge in [0.15, 0.2) is 10.8 Å². The molecule has 2 aromatic heterocycles. The lowest BCUT2D eigenvalue weighted by molar-refractivity contribution is 0.0952. The Morgan fingerprint density at radius 3 is 2.51 bits per heavy atom. The molecular weight excluding hydrogens is 486 g/mol. The van der Waals surface area contributed by atoms with Crippen molar-refractivity contribution in [1.82, 2.24) is 29.4 Å². The zero-order chi connectivity index (χ0) is 24.8. The fraction of sp³-hybridized carbons (Fsp3) is 0.478. The average molecular weight is 518 g/mol. The summed E-state index contributed by atoms with van der Waals surface area (Å²) in [6, 6.07) is 6.12. The number of carbonyl (C=O) groups is 1. The minimum Gasteiger partial charge on any atom is -0.369 e. The van der Waals surface area contributed by atoms with Gasteiger partial charge >= 0.3 is 0 Å². The lowest BCUT2D eigenvalue weighted by atomic mass is 10.2. The fourth-order valence-corrected chi connectivity index (χ4v) is 5.86. The minimum absolute atomic E-state index is 0.218. The second-order valence-corrected chi connectivity index (χ2v) is 11.0. The van der Waals surface area contributed by atoms with Crippen molar-refractivity contribution in [2.45, 2.75) is 49.2 Å². The number of anilines is 1. The maximum atomic E-state index is 12.8. The second kappa shape index (κ2) is 11.4. The van der Waals surface area contributed by atoms with E-state index in [-0.39, 0.29) is 10.8 Å². The van der Waals surface area contributed by atoms with Crippen molar-refractivity contribution in [1.29, 1.82) is 0 Å². The van der Waals surface area contributed by atoms with Gasteiger partial charge in [-0.05, 0) is 49.8 Å². The Kier molecular flexibility index (Phi) is 8.24. The molecule has 0 aliphatic carbocycles. The number of sulfonamides is 1. The highest BCUT2D eigenvalue weighted by Gasteiger charge is 2.26. The first-order chi connectivity index (χ1) is 16.9. The van der Waals surface area contributed by atoms with Gasteiger partial charge in [0.2, 0.25) is 10.0 Å². The van der Waals surface area contributed by atoms with Gasteiger partial charge in [-0.1, -0.05) is 25.1 Å². The van der Waals surface area contributed by atoms with Crippen molar-refractivity contribution in [3.63, 3.8) is 0 Å². The predicted octanol–water partition coefficient (Wildman–Crippen LogP) is 2.97. The largest absolute Gasteiger partial charge is 0.369 e. The molecule has 1 aliphatic heterocycles. The first kappa shape index (κ1) is 25.4. The summed E-state index contributed by atoms with van der Waals surface area (Å²) in [5.41, 5.74) is 1.12. The Morgan fingerprint density at radius 1 is 1.09 bits per heavy atom. The van der Waals surface area contributed by atoms with Crippen molar-refractivity contribution < 1.29 is 13.2 Å². The molecule has 2 N–H and O–H groups in total. The molecule has 0 unspecified atom stereocenters. The molecular formula is C23H31N7O3S2. The number of aromatic nitrogens is 4. The number of hydrogen-bond donors (Lipinski definition) is 2. The molecule has 0 spiro atoms. The molecule has 188 valence electrons. The Labute approximate surface area is 209 Å². The second-order valence-electron chi connectivity index (χ2n) is 8.34. The smallest absolute Gasteiger partial charge is 0.251 e. The van der Waals surface area contributed by atoms with Gasteiger partial charge in [-0.2, -0.15) is 9.40 Å². The molecule has 10 nitrogen and oxygen atoms in total. The number of fused-ring (bicyclic) bond motifs is 1. The standard InChI is InChI=1S/C23H31N7O3S2/c1-3-11-24-20-19-16-26-30(21(19)28-23(27-20)34-2)15-12-25-22(31)17-7-9-18(10-8-17)35(32,33)29-13-5-4-6-14-29/h7-10,16H,3-6,11-15H2,1-2H3,(H,25,31)(H,24,27,28). The first-order valence-corrected chi connectivity index (χ1v) is 14.5. The Hall–Kier alpha value is -2.70. The van der Waals surface area contributed by atoms with Crippen molar-refractivity contribution in [2.75, 3.05) is 37.8 Å². The fourth-order valence-electron chi connectivity index (χ4n) is 3.98. The molecule has 1 fully saturated rings. The maximum Gasteiger partial charge on any atom is 0.251 e. The average Bonchev–Trinajstić information content (AvgIpc) is 3.30. The maximum absolute atomic E-state index is 12.8. The molecule has 0 bridgehead atoms. The van der Waals surface area contributed by atoms with Crippen LogP contribution in [0.25, 0.3) is 11.0 Å². The van der Waals surface area contributed by atoms with Crippen LogP contribution in [0.4, 0.5) is 5.82 Å². The zero-order valence-electron chi connectivity index (χ0n) is 20.0. The number of thioether (sulfide) groups is 1. The van der Waals surface area contributed by atoms with Crippen molar-refractivity contribution in [3.8, 4) is 0 Å². The van der Waals surface area contributed by atoms with E-state index in [0.29, 0.717) is 42.5 Å². The SMILES string of the molecule is CCCNc1nc(SC)nc2c1cnn2CCNC(=O)c1ccc(S(=O)(=O)N2CCCCC2)cc1. The summed E-state index contributed by atoms with van der Waals surface area (Å²) in [5, 5.41) is 12.1. The van der Waals surface area contributed by atoms with Gasteiger partial charge in [0, 0.05) is 31.7 Å². The van der Waals surface area contributed by atoms with Crippen LogP contribution in [0.15, 0.2) is 40.5 Å². The van der Waals surface area contributed by atoms with Crippen LogP contribution in [-0.2, 0) is 16.6 Å². The summed E-state index contributed by atoms with van der Waals surface area (Å²) < 4.78 is 28.9. The van der Waals surface area contributed by atoms with Gasteiger partial charge in [-0.3, -0.25) is 4.79 Å². The van der Waals surface area contributed by atoms with E-state index in [1.54, 1.807) is 23.0 Å². The quantitative estimate of drug-likeness (QED) is 0.311. The molecule has 12 heteroatoms. The Balaban J connectivity index is 1.39. The number of amides is 1. The third kappa shape index (κ3) is 5.76. The zero-order valence-corrected chi connectivity index (χ0v) is 21.7. The summed E-state index contributed by atoms with van der Waals surface area (Å²) in [6.07, 6.45) is 7.46. The van der Waals surface area contributed by atoms with E-state index < -0.39 is 10.0 Å². The van der Waals surface area contributed by atoms with E-state index in [1.165, 1.54) is 28.2 Å². The summed E-state index contributed by atoms with van der Waals surface area (Å²) in [4.78, 5) is 22.0. The van der Waals surface area contributed by atoms with E-state index in [1.807, 2.05) is 6.26 Å². The van der Waals surface area contributed by atoms with Crippen LogP contribution in [0.5, 0.6) is 0 Å². The number of piperidine rings is 1. The van der Waals surface area contributed by atoms with Crippen LogP contribution in [0.3, 0.4) is 0 Å². The lowest BCUT2D eigenvalue weighted by Crippen LogP contribution is -2.35. The summed E-state index contributed by atoms with van der Waals surface area (Å²) >= 11 is 1.46. The minimum atomic E-state index is -3.52. The summed E-state index contributed by atoms with van der Waals surface area (Å²) in [6.45, 7) is 4.78. The highest BCUT2D eigenvalue weighted by atomic mass is 32.2. The number of nitrogens with one attached hydrogen (secondary N) is 2. The lowest BCUT2D eigenvalue weighted by Gasteiger charge is -2.25. The molecule has 1 saturated heterocycles. The van der Waals surface area contributed by atoms with Crippen LogP contribution < -0.4 is 10.6 Å². The van der Waals surface area contributed by atoms with E-state index in [2.05, 4.69) is 32.6 Å². The molecule has 3 aromatic rings. The third-order valence-electron chi connectivity index (χ3n) is 5.88. The van der Waals surface area contributed by atoms with Gasteiger partial charge in [0.25, 0.3) is 5.91 Å². The molecule has 35 heavy (non-hydrogen) atoms. The highest BCUT2D eigenvalue weighted by molar-refractivity contribution is 7.98. The third-order valence-corrected chi connectivity index (χ3v) is 8.34. The van der Waals surface area contributed by atoms with Crippen LogP contribution >= 0.6 is 11.8 Å². The first-order valence-electron chi connectivity index (χ1n) is 11.8. The van der Waals surface area contributed by atoms with Crippen LogP contribution in [0.1, 0.15) is 43.0 Å². The number of benzene rings is 1. The van der Waals surface area contributed by atoms with Crippen LogP contribution in [-0.4, -0.2) is 70.8 Å². The Bertz CT molecular complexity index is 1270. The molecule has 0 saturated carbocycles. The molecule has 0 radical (unpaired) electrons. The van der Waals surface area contributed by atoms with Crippen LogP contribution in [0, 0.1) is 0 Å². The van der Waals surface area contributed by atoms with Gasteiger partial charge in [-0.15, -0.1) is 0 Å². The topological polar surface area (TPSA) is 122 Å². The predicted molar refractivity (Wildman–Crippen MR) is 137 cm³/mol. The van der Waals surface area contributed by atoms with Gasteiger partial charge in [0.05, 0.1) is 23.0 Å².